The molecule has 0 saturated heterocycles. The Morgan fingerprint density at radius 3 is 2.59 bits per heavy atom. The van der Waals surface area contributed by atoms with Gasteiger partial charge < -0.3 is 21.1 Å². The first-order chi connectivity index (χ1) is 13.2. The molecule has 2 aromatic carbocycles. The minimum Gasteiger partial charge on any atom is -0.489 e. The van der Waals surface area contributed by atoms with Gasteiger partial charge in [-0.25, -0.2) is 4.63 Å². The minimum absolute atomic E-state index is 0.00495. The summed E-state index contributed by atoms with van der Waals surface area (Å²) in [6, 6.07) is 17.9. The molecule has 0 spiro atoms. The monoisotopic (exact) mass is 367 g/mol. The van der Waals surface area contributed by atoms with E-state index in [4.69, 9.17) is 10.5 Å². The van der Waals surface area contributed by atoms with Gasteiger partial charge in [0.2, 0.25) is 11.5 Å². The summed E-state index contributed by atoms with van der Waals surface area (Å²) in [5, 5.41) is 12.8. The van der Waals surface area contributed by atoms with Crippen LogP contribution >= 0.6 is 0 Å². The molecule has 0 aliphatic rings. The van der Waals surface area contributed by atoms with Gasteiger partial charge in [0.1, 0.15) is 12.4 Å². The van der Waals surface area contributed by atoms with Crippen LogP contribution in [-0.2, 0) is 13.2 Å². The standard InChI is InChI=1S/C19H21N5O3/c20-18-17(23-27-24-18)19(25)22-11-10-21-12-15-8-4-5-9-16(15)26-13-14-6-2-1-3-7-14/h1-9,21H,10-13H2,(H2,20,24)(H,22,25). The van der Waals surface area contributed by atoms with Crippen molar-refractivity contribution in [3.05, 3.63) is 71.4 Å². The lowest BCUT2D eigenvalue weighted by Crippen LogP contribution is -2.32. The van der Waals surface area contributed by atoms with Gasteiger partial charge in [0, 0.05) is 25.2 Å². The summed E-state index contributed by atoms with van der Waals surface area (Å²) >= 11 is 0. The predicted octanol–water partition coefficient (Wildman–Crippen LogP) is 1.75. The minimum atomic E-state index is -0.415. The van der Waals surface area contributed by atoms with Gasteiger partial charge in [-0.1, -0.05) is 48.5 Å². The molecular formula is C19H21N5O3. The van der Waals surface area contributed by atoms with Crippen LogP contribution in [0.2, 0.25) is 0 Å². The summed E-state index contributed by atoms with van der Waals surface area (Å²) in [6.45, 7) is 2.12. The smallest absolute Gasteiger partial charge is 0.277 e. The molecule has 0 aliphatic carbocycles. The van der Waals surface area contributed by atoms with Crippen LogP contribution in [0, 0.1) is 0 Å². The highest BCUT2D eigenvalue weighted by Crippen LogP contribution is 2.19. The zero-order valence-electron chi connectivity index (χ0n) is 14.7. The van der Waals surface area contributed by atoms with Crippen molar-refractivity contribution in [1.29, 1.82) is 0 Å². The van der Waals surface area contributed by atoms with Crippen LogP contribution in [0.4, 0.5) is 5.82 Å². The number of nitrogens with zero attached hydrogens (tertiary/aromatic N) is 2. The van der Waals surface area contributed by atoms with Gasteiger partial charge in [-0.2, -0.15) is 0 Å². The van der Waals surface area contributed by atoms with E-state index < -0.39 is 5.91 Å². The molecule has 27 heavy (non-hydrogen) atoms. The summed E-state index contributed by atoms with van der Waals surface area (Å²) in [6.07, 6.45) is 0. The average molecular weight is 367 g/mol. The molecule has 1 aromatic heterocycles. The Bertz CT molecular complexity index is 867. The highest BCUT2D eigenvalue weighted by atomic mass is 16.6. The SMILES string of the molecule is Nc1nonc1C(=O)NCCNCc1ccccc1OCc1ccccc1. The van der Waals surface area contributed by atoms with Crippen LogP contribution in [0.5, 0.6) is 5.75 Å². The van der Waals surface area contributed by atoms with Crippen molar-refractivity contribution in [3.63, 3.8) is 0 Å². The first-order valence-electron chi connectivity index (χ1n) is 8.55. The van der Waals surface area contributed by atoms with Crippen LogP contribution in [0.3, 0.4) is 0 Å². The molecule has 3 aromatic rings. The number of benzene rings is 2. The normalized spacial score (nSPS) is 10.5. The Morgan fingerprint density at radius 1 is 1.04 bits per heavy atom. The molecule has 0 atom stereocenters. The van der Waals surface area contributed by atoms with Gasteiger partial charge in [-0.15, -0.1) is 0 Å². The molecule has 0 bridgehead atoms. The highest BCUT2D eigenvalue weighted by Gasteiger charge is 2.14. The quantitative estimate of drug-likeness (QED) is 0.494. The number of aromatic nitrogens is 2. The lowest BCUT2D eigenvalue weighted by Gasteiger charge is -2.12. The van der Waals surface area contributed by atoms with Crippen molar-refractivity contribution >= 4 is 11.7 Å². The molecule has 1 heterocycles. The van der Waals surface area contributed by atoms with Crippen molar-refractivity contribution in [2.75, 3.05) is 18.8 Å². The number of nitrogen functional groups attached to an aromatic ring is 1. The van der Waals surface area contributed by atoms with Crippen molar-refractivity contribution in [2.24, 2.45) is 0 Å². The summed E-state index contributed by atoms with van der Waals surface area (Å²) in [7, 11) is 0. The molecular weight excluding hydrogens is 346 g/mol. The van der Waals surface area contributed by atoms with E-state index >= 15 is 0 Å². The van der Waals surface area contributed by atoms with Gasteiger partial charge in [0.05, 0.1) is 0 Å². The number of amides is 1. The number of rotatable bonds is 9. The molecule has 0 fully saturated rings. The topological polar surface area (TPSA) is 115 Å². The zero-order chi connectivity index (χ0) is 18.9. The fourth-order valence-corrected chi connectivity index (χ4v) is 2.45. The number of para-hydroxylation sites is 1. The molecule has 8 heteroatoms. The van der Waals surface area contributed by atoms with Gasteiger partial charge in [0.25, 0.3) is 5.91 Å². The lowest BCUT2D eigenvalue weighted by atomic mass is 10.2. The summed E-state index contributed by atoms with van der Waals surface area (Å²) in [5.74, 6) is 0.395. The van der Waals surface area contributed by atoms with Gasteiger partial charge in [-0.3, -0.25) is 4.79 Å². The second-order valence-electron chi connectivity index (χ2n) is 5.81. The molecule has 0 saturated carbocycles. The van der Waals surface area contributed by atoms with Crippen molar-refractivity contribution < 1.29 is 14.2 Å². The van der Waals surface area contributed by atoms with Crippen molar-refractivity contribution in [2.45, 2.75) is 13.2 Å². The molecule has 3 rings (SSSR count). The second-order valence-corrected chi connectivity index (χ2v) is 5.81. The van der Waals surface area contributed by atoms with E-state index in [0.29, 0.717) is 26.2 Å². The maximum Gasteiger partial charge on any atom is 0.277 e. The van der Waals surface area contributed by atoms with Crippen molar-refractivity contribution in [1.82, 2.24) is 20.9 Å². The molecule has 0 radical (unpaired) electrons. The molecule has 8 nitrogen and oxygen atoms in total. The van der Waals surface area contributed by atoms with E-state index in [1.807, 2.05) is 54.6 Å². The van der Waals surface area contributed by atoms with E-state index in [0.717, 1.165) is 16.9 Å². The number of hydrogen-bond acceptors (Lipinski definition) is 7. The Hall–Kier alpha value is -3.39. The first-order valence-corrected chi connectivity index (χ1v) is 8.55. The molecule has 140 valence electrons. The van der Waals surface area contributed by atoms with E-state index in [1.54, 1.807) is 0 Å². The summed E-state index contributed by atoms with van der Waals surface area (Å²) < 4.78 is 10.3. The Labute approximate surface area is 156 Å². The second kappa shape index (κ2) is 9.35. The average Bonchev–Trinajstić information content (AvgIpc) is 3.13. The van der Waals surface area contributed by atoms with Crippen LogP contribution < -0.4 is 21.1 Å². The number of ether oxygens (including phenoxy) is 1. The number of carbonyl (C=O) groups excluding carboxylic acids is 1. The maximum absolute atomic E-state index is 11.8. The Balaban J connectivity index is 1.43. The van der Waals surface area contributed by atoms with Crippen molar-refractivity contribution in [3.8, 4) is 5.75 Å². The van der Waals surface area contributed by atoms with Crippen LogP contribution in [0.15, 0.2) is 59.2 Å². The fraction of sp³-hybridized carbons (Fsp3) is 0.211. The number of anilines is 1. The number of nitrogens with one attached hydrogen (secondary N) is 2. The van der Waals surface area contributed by atoms with Crippen LogP contribution in [0.25, 0.3) is 0 Å². The Morgan fingerprint density at radius 2 is 1.81 bits per heavy atom. The third kappa shape index (κ3) is 5.29. The lowest BCUT2D eigenvalue weighted by molar-refractivity contribution is 0.0944. The third-order valence-electron chi connectivity index (χ3n) is 3.84. The van der Waals surface area contributed by atoms with E-state index in [1.165, 1.54) is 0 Å². The number of hydrogen-bond donors (Lipinski definition) is 3. The van der Waals surface area contributed by atoms with Gasteiger partial charge in [0.15, 0.2) is 0 Å². The van der Waals surface area contributed by atoms with Gasteiger partial charge in [-0.05, 0) is 21.9 Å². The number of nitrogens with two attached hydrogens (primary N) is 1. The third-order valence-corrected chi connectivity index (χ3v) is 3.84. The van der Waals surface area contributed by atoms with E-state index in [9.17, 15) is 4.79 Å². The molecule has 0 aliphatic heterocycles. The molecule has 4 N–H and O–H groups in total. The largest absolute Gasteiger partial charge is 0.489 e. The first kappa shape index (κ1) is 18.4. The molecule has 0 unspecified atom stereocenters. The summed E-state index contributed by atoms with van der Waals surface area (Å²) in [5.41, 5.74) is 7.63. The van der Waals surface area contributed by atoms with Crippen LogP contribution in [0.1, 0.15) is 21.6 Å². The number of carbonyl (C=O) groups is 1. The van der Waals surface area contributed by atoms with E-state index in [-0.39, 0.29) is 11.5 Å². The van der Waals surface area contributed by atoms with E-state index in [2.05, 4.69) is 25.6 Å². The molecule has 1 amide bonds. The fourth-order valence-electron chi connectivity index (χ4n) is 2.45. The Kier molecular flexibility index (Phi) is 6.37. The van der Waals surface area contributed by atoms with Gasteiger partial charge >= 0.3 is 0 Å². The summed E-state index contributed by atoms with van der Waals surface area (Å²) in [4.78, 5) is 11.8. The predicted molar refractivity (Wildman–Crippen MR) is 100.0 cm³/mol. The zero-order valence-corrected chi connectivity index (χ0v) is 14.7. The highest BCUT2D eigenvalue weighted by molar-refractivity contribution is 5.95. The maximum atomic E-state index is 11.8. The van der Waals surface area contributed by atoms with Crippen LogP contribution in [-0.4, -0.2) is 29.3 Å².